The molecular weight excluding hydrogens is 220 g/mol. The van der Waals surface area contributed by atoms with E-state index in [9.17, 15) is 0 Å². The first-order valence-electron chi connectivity index (χ1n) is 5.70. The van der Waals surface area contributed by atoms with E-state index in [0.717, 1.165) is 10.7 Å². The van der Waals surface area contributed by atoms with Crippen LogP contribution in [0.15, 0.2) is 0 Å². The van der Waals surface area contributed by atoms with Crippen LogP contribution in [-0.4, -0.2) is 11.5 Å². The maximum atomic E-state index is 6.03. The van der Waals surface area contributed by atoms with Gasteiger partial charge in [-0.05, 0) is 27.7 Å². The molecule has 2 heterocycles. The first kappa shape index (κ1) is 12.0. The first-order valence-corrected chi connectivity index (χ1v) is 6.51. The van der Waals surface area contributed by atoms with E-state index in [4.69, 9.17) is 15.5 Å². The van der Waals surface area contributed by atoms with Gasteiger partial charge in [0.15, 0.2) is 0 Å². The zero-order valence-corrected chi connectivity index (χ0v) is 11.4. The maximum absolute atomic E-state index is 6.03. The van der Waals surface area contributed by atoms with Gasteiger partial charge in [-0.2, -0.15) is 0 Å². The van der Waals surface area contributed by atoms with E-state index < -0.39 is 0 Å². The third-order valence-corrected chi connectivity index (χ3v) is 4.64. The zero-order chi connectivity index (χ0) is 12.1. The van der Waals surface area contributed by atoms with Gasteiger partial charge in [-0.1, -0.05) is 6.92 Å². The van der Waals surface area contributed by atoms with Crippen LogP contribution in [0.4, 0.5) is 0 Å². The molecule has 0 saturated heterocycles. The van der Waals surface area contributed by atoms with Crippen LogP contribution in [0.3, 0.4) is 0 Å². The molecule has 1 aliphatic rings. The molecule has 1 atom stereocenters. The third-order valence-electron chi connectivity index (χ3n) is 3.05. The van der Waals surface area contributed by atoms with Gasteiger partial charge >= 0.3 is 0 Å². The Bertz CT molecular complexity index is 378. The predicted octanol–water partition coefficient (Wildman–Crippen LogP) is 2.71. The van der Waals surface area contributed by atoms with E-state index in [1.54, 1.807) is 11.3 Å². The van der Waals surface area contributed by atoms with Crippen molar-refractivity contribution in [2.45, 2.75) is 51.7 Å². The summed E-state index contributed by atoms with van der Waals surface area (Å²) in [4.78, 5) is 5.98. The van der Waals surface area contributed by atoms with Crippen LogP contribution in [0, 0.1) is 0 Å². The second kappa shape index (κ2) is 3.52. The lowest BCUT2D eigenvalue weighted by Crippen LogP contribution is -2.23. The van der Waals surface area contributed by atoms with Crippen molar-refractivity contribution in [1.29, 1.82) is 0 Å². The first-order chi connectivity index (χ1) is 7.28. The minimum Gasteiger partial charge on any atom is -0.358 e. The Balaban J connectivity index is 2.49. The van der Waals surface area contributed by atoms with E-state index in [1.807, 2.05) is 0 Å². The second-order valence-electron chi connectivity index (χ2n) is 5.49. The summed E-state index contributed by atoms with van der Waals surface area (Å²) in [6.07, 6.45) is 0. The second-order valence-corrected chi connectivity index (χ2v) is 6.52. The van der Waals surface area contributed by atoms with Crippen LogP contribution in [0.2, 0.25) is 0 Å². The van der Waals surface area contributed by atoms with Crippen LogP contribution in [0.25, 0.3) is 0 Å². The van der Waals surface area contributed by atoms with E-state index in [2.05, 4.69) is 34.6 Å². The molecule has 0 bridgehead atoms. The lowest BCUT2D eigenvalue weighted by molar-refractivity contribution is -0.105. The number of rotatable bonds is 2. The highest BCUT2D eigenvalue weighted by molar-refractivity contribution is 7.12. The summed E-state index contributed by atoms with van der Waals surface area (Å²) in [6, 6.07) is 0. The molecule has 16 heavy (non-hydrogen) atoms. The highest BCUT2D eigenvalue weighted by Gasteiger charge is 2.46. The van der Waals surface area contributed by atoms with Crippen molar-refractivity contribution in [3.63, 3.8) is 0 Å². The standard InChI is InChI=1S/C12H20N2OS/c1-7(6-13)10-14-8-9(16-10)12(4,5)15-11(8,2)3/h7H,6,13H2,1-5H3. The number of nitrogens with two attached hydrogens (primary N) is 1. The Labute approximate surface area is 101 Å². The SMILES string of the molecule is CC(CN)c1nc2c(s1)C(C)(C)OC2(C)C. The number of thiazole rings is 1. The van der Waals surface area contributed by atoms with Gasteiger partial charge in [-0.3, -0.25) is 0 Å². The lowest BCUT2D eigenvalue weighted by Gasteiger charge is -2.24. The van der Waals surface area contributed by atoms with Gasteiger partial charge in [0.1, 0.15) is 5.60 Å². The number of aromatic nitrogens is 1. The van der Waals surface area contributed by atoms with E-state index in [0.29, 0.717) is 12.5 Å². The quantitative estimate of drug-likeness (QED) is 0.864. The molecule has 4 heteroatoms. The summed E-state index contributed by atoms with van der Waals surface area (Å²) in [7, 11) is 0. The molecule has 1 aromatic rings. The topological polar surface area (TPSA) is 48.1 Å². The van der Waals surface area contributed by atoms with Gasteiger partial charge in [-0.15, -0.1) is 11.3 Å². The third kappa shape index (κ3) is 1.69. The van der Waals surface area contributed by atoms with Crippen molar-refractivity contribution in [3.05, 3.63) is 15.6 Å². The van der Waals surface area contributed by atoms with Gasteiger partial charge in [-0.25, -0.2) is 4.98 Å². The number of nitrogens with zero attached hydrogens (tertiary/aromatic N) is 1. The normalized spacial score (nSPS) is 23.1. The van der Waals surface area contributed by atoms with Crippen LogP contribution in [0.1, 0.15) is 56.1 Å². The Morgan fingerprint density at radius 1 is 1.31 bits per heavy atom. The van der Waals surface area contributed by atoms with Crippen LogP contribution < -0.4 is 5.73 Å². The van der Waals surface area contributed by atoms with Gasteiger partial charge in [0.25, 0.3) is 0 Å². The predicted molar refractivity (Wildman–Crippen MR) is 66.7 cm³/mol. The molecule has 1 aliphatic heterocycles. The minimum absolute atomic E-state index is 0.219. The van der Waals surface area contributed by atoms with E-state index in [-0.39, 0.29) is 11.2 Å². The van der Waals surface area contributed by atoms with Crippen LogP contribution in [0.5, 0.6) is 0 Å². The summed E-state index contributed by atoms with van der Waals surface area (Å²) in [5.74, 6) is 0.335. The summed E-state index contributed by atoms with van der Waals surface area (Å²) >= 11 is 1.75. The maximum Gasteiger partial charge on any atom is 0.107 e. The summed E-state index contributed by atoms with van der Waals surface area (Å²) in [5, 5.41) is 1.14. The smallest absolute Gasteiger partial charge is 0.107 e. The average molecular weight is 240 g/mol. The van der Waals surface area contributed by atoms with Gasteiger partial charge < -0.3 is 10.5 Å². The largest absolute Gasteiger partial charge is 0.358 e. The molecule has 0 fully saturated rings. The molecule has 2 N–H and O–H groups in total. The summed E-state index contributed by atoms with van der Waals surface area (Å²) < 4.78 is 6.03. The van der Waals surface area contributed by atoms with Gasteiger partial charge in [0.2, 0.25) is 0 Å². The zero-order valence-electron chi connectivity index (χ0n) is 10.6. The fraction of sp³-hybridized carbons (Fsp3) is 0.750. The molecule has 0 saturated carbocycles. The lowest BCUT2D eigenvalue weighted by atomic mass is 10.0. The summed E-state index contributed by atoms with van der Waals surface area (Å²) in [6.45, 7) is 11.1. The van der Waals surface area contributed by atoms with Crippen molar-refractivity contribution in [2.75, 3.05) is 6.54 Å². The van der Waals surface area contributed by atoms with Crippen molar-refractivity contribution >= 4 is 11.3 Å². The number of hydrogen-bond donors (Lipinski definition) is 1. The average Bonchev–Trinajstić information content (AvgIpc) is 2.65. The molecule has 3 nitrogen and oxygen atoms in total. The fourth-order valence-electron chi connectivity index (χ4n) is 2.20. The highest BCUT2D eigenvalue weighted by atomic mass is 32.1. The molecule has 0 radical (unpaired) electrons. The van der Waals surface area contributed by atoms with E-state index in [1.165, 1.54) is 4.88 Å². The molecule has 2 rings (SSSR count). The van der Waals surface area contributed by atoms with Crippen LogP contribution >= 0.6 is 11.3 Å². The molecule has 1 aromatic heterocycles. The molecule has 90 valence electrons. The summed E-state index contributed by atoms with van der Waals surface area (Å²) in [5.41, 5.74) is 6.29. The molecule has 0 aromatic carbocycles. The van der Waals surface area contributed by atoms with Crippen molar-refractivity contribution < 1.29 is 4.74 Å². The molecule has 0 aliphatic carbocycles. The van der Waals surface area contributed by atoms with Gasteiger partial charge in [0.05, 0.1) is 21.2 Å². The Morgan fingerprint density at radius 2 is 1.94 bits per heavy atom. The monoisotopic (exact) mass is 240 g/mol. The molecule has 0 amide bonds. The highest BCUT2D eigenvalue weighted by Crippen LogP contribution is 2.49. The fourth-order valence-corrected chi connectivity index (χ4v) is 3.52. The van der Waals surface area contributed by atoms with Crippen molar-refractivity contribution in [3.8, 4) is 0 Å². The van der Waals surface area contributed by atoms with Crippen LogP contribution in [-0.2, 0) is 15.9 Å². The van der Waals surface area contributed by atoms with Crippen molar-refractivity contribution in [2.24, 2.45) is 5.73 Å². The van der Waals surface area contributed by atoms with Crippen molar-refractivity contribution in [1.82, 2.24) is 4.98 Å². The number of hydrogen-bond acceptors (Lipinski definition) is 4. The Morgan fingerprint density at radius 3 is 2.44 bits per heavy atom. The number of ether oxygens (including phenoxy) is 1. The number of fused-ring (bicyclic) bond motifs is 1. The minimum atomic E-state index is -0.276. The van der Waals surface area contributed by atoms with E-state index >= 15 is 0 Å². The molecule has 0 spiro atoms. The molecule has 1 unspecified atom stereocenters. The molecular formula is C12H20N2OS. The Hall–Kier alpha value is -0.450. The Kier molecular flexibility index (Phi) is 2.64. The van der Waals surface area contributed by atoms with Gasteiger partial charge in [0, 0.05) is 12.5 Å².